The maximum atomic E-state index is 12.8. The molecule has 0 N–H and O–H groups in total. The Hall–Kier alpha value is -6.68. The predicted octanol–water partition coefficient (Wildman–Crippen LogP) is 5.86. The second kappa shape index (κ2) is 13.0. The van der Waals surface area contributed by atoms with Crippen LogP contribution in [0.5, 0.6) is 11.5 Å². The maximum Gasteiger partial charge on any atom is 0.343 e. The Balaban J connectivity index is 1.04. The fourth-order valence-corrected chi connectivity index (χ4v) is 5.24. The van der Waals surface area contributed by atoms with Crippen LogP contribution < -0.4 is 9.47 Å². The van der Waals surface area contributed by atoms with Crippen molar-refractivity contribution < 1.29 is 38.2 Å². The van der Waals surface area contributed by atoms with Gasteiger partial charge in [0.1, 0.15) is 11.5 Å². The van der Waals surface area contributed by atoms with E-state index in [2.05, 4.69) is 13.2 Å². The second-order valence-corrected chi connectivity index (χ2v) is 10.8. The Morgan fingerprint density at radius 3 is 1.23 bits per heavy atom. The van der Waals surface area contributed by atoms with Gasteiger partial charge in [0.2, 0.25) is 0 Å². The van der Waals surface area contributed by atoms with Crippen molar-refractivity contribution in [2.45, 2.75) is 0 Å². The summed E-state index contributed by atoms with van der Waals surface area (Å²) in [5.41, 5.74) is 2.69. The molecule has 0 aliphatic carbocycles. The Kier molecular flexibility index (Phi) is 8.46. The molecule has 0 radical (unpaired) electrons. The van der Waals surface area contributed by atoms with Crippen LogP contribution in [-0.4, -0.2) is 58.5 Å². The first kappa shape index (κ1) is 31.3. The zero-order chi connectivity index (χ0) is 33.9. The number of fused-ring (bicyclic) bond motifs is 2. The molecule has 0 unspecified atom stereocenters. The minimum absolute atomic E-state index is 0.0799. The van der Waals surface area contributed by atoms with E-state index < -0.39 is 35.6 Å². The van der Waals surface area contributed by atoms with E-state index in [0.717, 1.165) is 20.9 Å². The minimum Gasteiger partial charge on any atom is -0.423 e. The molecule has 2 aliphatic rings. The monoisotopic (exact) mass is 638 g/mol. The number of nitrogens with zero attached hydrogens (tertiary/aromatic N) is 2. The lowest BCUT2D eigenvalue weighted by Gasteiger charge is -2.09. The van der Waals surface area contributed by atoms with Crippen LogP contribution in [0.4, 0.5) is 0 Å². The van der Waals surface area contributed by atoms with E-state index in [0.29, 0.717) is 11.5 Å². The molecule has 0 atom stereocenters. The molecule has 2 heterocycles. The van der Waals surface area contributed by atoms with Crippen molar-refractivity contribution in [3.8, 4) is 11.5 Å². The van der Waals surface area contributed by atoms with Gasteiger partial charge in [0.25, 0.3) is 23.6 Å². The van der Waals surface area contributed by atoms with Gasteiger partial charge in [0, 0.05) is 13.1 Å². The van der Waals surface area contributed by atoms with Gasteiger partial charge in [0.05, 0.1) is 33.4 Å². The fraction of sp³-hybridized carbons (Fsp3) is 0.0526. The molecule has 0 saturated carbocycles. The molecular formula is C38H26N2O8. The molecule has 4 amide bonds. The van der Waals surface area contributed by atoms with Gasteiger partial charge in [0.15, 0.2) is 0 Å². The number of hydrogen-bond acceptors (Lipinski definition) is 8. The quantitative estimate of drug-likeness (QED) is 0.0695. The van der Waals surface area contributed by atoms with E-state index in [1.807, 2.05) is 12.2 Å². The van der Waals surface area contributed by atoms with Crippen molar-refractivity contribution in [2.75, 3.05) is 13.1 Å². The summed E-state index contributed by atoms with van der Waals surface area (Å²) >= 11 is 0. The smallest absolute Gasteiger partial charge is 0.343 e. The zero-order valence-electron chi connectivity index (χ0n) is 25.4. The summed E-state index contributed by atoms with van der Waals surface area (Å²) in [6, 6.07) is 22.1. The van der Waals surface area contributed by atoms with Gasteiger partial charge in [-0.2, -0.15) is 0 Å². The molecule has 0 bridgehead atoms. The number of imide groups is 2. The number of amides is 4. The van der Waals surface area contributed by atoms with Gasteiger partial charge in [-0.05, 0) is 71.8 Å². The molecule has 4 aromatic rings. The Labute approximate surface area is 274 Å². The summed E-state index contributed by atoms with van der Waals surface area (Å²) in [5.74, 6) is -2.57. The first-order valence-corrected chi connectivity index (χ1v) is 14.7. The van der Waals surface area contributed by atoms with Gasteiger partial charge in [-0.1, -0.05) is 48.6 Å². The van der Waals surface area contributed by atoms with Crippen molar-refractivity contribution in [1.29, 1.82) is 0 Å². The molecule has 0 spiro atoms. The maximum absolute atomic E-state index is 12.8. The van der Waals surface area contributed by atoms with Gasteiger partial charge >= 0.3 is 11.9 Å². The Morgan fingerprint density at radius 2 is 0.875 bits per heavy atom. The minimum atomic E-state index is -0.667. The van der Waals surface area contributed by atoms with Crippen molar-refractivity contribution in [3.63, 3.8) is 0 Å². The van der Waals surface area contributed by atoms with E-state index in [-0.39, 0.29) is 46.5 Å². The third-order valence-electron chi connectivity index (χ3n) is 7.69. The highest BCUT2D eigenvalue weighted by molar-refractivity contribution is 6.22. The van der Waals surface area contributed by atoms with Crippen molar-refractivity contribution in [3.05, 3.63) is 155 Å². The SMILES string of the molecule is C=CCN1C(=O)c2ccc(C(=O)Oc3ccc(C=Cc4ccc(OC(=O)c5ccc6c(c5)C(=O)N(CC=C)C6=O)cc4)cc3)cc2C1=O. The van der Waals surface area contributed by atoms with Crippen LogP contribution in [0.1, 0.15) is 73.3 Å². The van der Waals surface area contributed by atoms with E-state index in [1.165, 1.54) is 48.6 Å². The Morgan fingerprint density at radius 1 is 0.521 bits per heavy atom. The number of benzene rings is 4. The fourth-order valence-electron chi connectivity index (χ4n) is 5.24. The number of hydrogen-bond donors (Lipinski definition) is 0. The summed E-state index contributed by atoms with van der Waals surface area (Å²) in [4.78, 5) is 77.6. The summed E-state index contributed by atoms with van der Waals surface area (Å²) in [7, 11) is 0. The van der Waals surface area contributed by atoms with Crippen LogP contribution >= 0.6 is 0 Å². The van der Waals surface area contributed by atoms with Crippen molar-refractivity contribution >= 4 is 47.7 Å². The summed E-state index contributed by atoms with van der Waals surface area (Å²) < 4.78 is 10.9. The van der Waals surface area contributed by atoms with E-state index in [1.54, 1.807) is 48.5 Å². The van der Waals surface area contributed by atoms with E-state index in [4.69, 9.17) is 9.47 Å². The van der Waals surface area contributed by atoms with Gasteiger partial charge in [-0.25, -0.2) is 9.59 Å². The lowest BCUT2D eigenvalue weighted by Crippen LogP contribution is -2.29. The van der Waals surface area contributed by atoms with Crippen molar-refractivity contribution in [1.82, 2.24) is 9.80 Å². The molecular weight excluding hydrogens is 612 g/mol. The predicted molar refractivity (Wildman–Crippen MR) is 176 cm³/mol. The summed E-state index contributed by atoms with van der Waals surface area (Å²) in [5, 5.41) is 0. The molecule has 10 nitrogen and oxygen atoms in total. The molecule has 0 fully saturated rings. The lowest BCUT2D eigenvalue weighted by molar-refractivity contribution is 0.0656. The molecule has 10 heteroatoms. The number of esters is 2. The van der Waals surface area contributed by atoms with Crippen molar-refractivity contribution in [2.24, 2.45) is 0 Å². The summed E-state index contributed by atoms with van der Waals surface area (Å²) in [6.45, 7) is 7.28. The van der Waals surface area contributed by atoms with Gasteiger partial charge in [-0.15, -0.1) is 13.2 Å². The average Bonchev–Trinajstić information content (AvgIpc) is 3.48. The van der Waals surface area contributed by atoms with E-state index >= 15 is 0 Å². The molecule has 48 heavy (non-hydrogen) atoms. The lowest BCUT2D eigenvalue weighted by atomic mass is 10.1. The van der Waals surface area contributed by atoms with Crippen LogP contribution in [0.25, 0.3) is 12.2 Å². The molecule has 2 aliphatic heterocycles. The molecule has 6 rings (SSSR count). The first-order valence-electron chi connectivity index (χ1n) is 14.7. The highest BCUT2D eigenvalue weighted by atomic mass is 16.5. The standard InChI is InChI=1S/C38H26N2O8/c1-3-19-39-33(41)29-17-11-25(21-31(29)35(39)43)37(45)47-27-13-7-23(8-14-27)5-6-24-9-15-28(16-10-24)48-38(46)26-12-18-30-32(22-26)36(44)40(20-4-2)34(30)42/h3-18,21-22H,1-2,19-20H2. The van der Waals surface area contributed by atoms with Crippen LogP contribution in [0.2, 0.25) is 0 Å². The van der Waals surface area contributed by atoms with Crippen LogP contribution in [-0.2, 0) is 0 Å². The van der Waals surface area contributed by atoms with Gasteiger partial charge in [-0.3, -0.25) is 29.0 Å². The number of ether oxygens (including phenoxy) is 2. The second-order valence-electron chi connectivity index (χ2n) is 10.8. The molecule has 236 valence electrons. The third-order valence-corrected chi connectivity index (χ3v) is 7.69. The first-order chi connectivity index (χ1) is 23.2. The van der Waals surface area contributed by atoms with E-state index in [9.17, 15) is 28.8 Å². The molecule has 4 aromatic carbocycles. The normalized spacial score (nSPS) is 13.5. The Bertz CT molecular complexity index is 1930. The van der Waals surface area contributed by atoms with Crippen LogP contribution in [0, 0.1) is 0 Å². The van der Waals surface area contributed by atoms with Crippen LogP contribution in [0.15, 0.2) is 110 Å². The topological polar surface area (TPSA) is 127 Å². The number of carbonyl (C=O) groups excluding carboxylic acids is 6. The van der Waals surface area contributed by atoms with Gasteiger partial charge < -0.3 is 9.47 Å². The average molecular weight is 639 g/mol. The molecule has 0 saturated heterocycles. The highest BCUT2D eigenvalue weighted by Crippen LogP contribution is 2.27. The van der Waals surface area contributed by atoms with Crippen LogP contribution in [0.3, 0.4) is 0 Å². The third kappa shape index (κ3) is 5.97. The zero-order valence-corrected chi connectivity index (χ0v) is 25.4. The number of rotatable bonds is 10. The highest BCUT2D eigenvalue weighted by Gasteiger charge is 2.36. The summed E-state index contributed by atoms with van der Waals surface area (Å²) in [6.07, 6.45) is 6.62. The molecule has 0 aromatic heterocycles. The number of carbonyl (C=O) groups is 6. The largest absolute Gasteiger partial charge is 0.423 e.